The van der Waals surface area contributed by atoms with Gasteiger partial charge in [-0.1, -0.05) is 48.5 Å². The van der Waals surface area contributed by atoms with E-state index in [1.54, 1.807) is 7.11 Å². The second-order valence-electron chi connectivity index (χ2n) is 9.18. The van der Waals surface area contributed by atoms with Crippen LogP contribution in [0, 0.1) is 6.92 Å². The van der Waals surface area contributed by atoms with Gasteiger partial charge in [0, 0.05) is 38.5 Å². The van der Waals surface area contributed by atoms with Crippen molar-refractivity contribution in [2.24, 2.45) is 0 Å². The third kappa shape index (κ3) is 5.38. The van der Waals surface area contributed by atoms with Crippen molar-refractivity contribution in [2.45, 2.75) is 25.8 Å². The van der Waals surface area contributed by atoms with E-state index in [2.05, 4.69) is 41.1 Å². The lowest BCUT2D eigenvalue weighted by Gasteiger charge is -2.35. The molecule has 1 aliphatic heterocycles. The fourth-order valence-electron chi connectivity index (χ4n) is 4.75. The topological polar surface area (TPSA) is 58.8 Å². The van der Waals surface area contributed by atoms with Gasteiger partial charge in [-0.25, -0.2) is 4.98 Å². The molecule has 1 saturated heterocycles. The van der Waals surface area contributed by atoms with Gasteiger partial charge in [-0.15, -0.1) is 0 Å². The number of aromatic nitrogens is 1. The molecule has 1 aromatic heterocycles. The molecule has 0 spiro atoms. The minimum atomic E-state index is 0.0100. The Morgan fingerprint density at radius 1 is 0.971 bits per heavy atom. The molecule has 0 N–H and O–H groups in total. The van der Waals surface area contributed by atoms with Crippen LogP contribution in [0.3, 0.4) is 0 Å². The van der Waals surface area contributed by atoms with Crippen LogP contribution in [0.1, 0.15) is 34.9 Å². The van der Waals surface area contributed by atoms with Crippen molar-refractivity contribution in [1.82, 2.24) is 14.8 Å². The monoisotopic (exact) mass is 469 g/mol. The van der Waals surface area contributed by atoms with E-state index >= 15 is 0 Å². The van der Waals surface area contributed by atoms with Gasteiger partial charge in [0.2, 0.25) is 11.8 Å². The van der Waals surface area contributed by atoms with Crippen molar-refractivity contribution in [3.05, 3.63) is 95.4 Å². The van der Waals surface area contributed by atoms with Crippen LogP contribution in [-0.4, -0.2) is 54.0 Å². The number of hydrogen-bond donors (Lipinski definition) is 0. The zero-order valence-electron chi connectivity index (χ0n) is 20.3. The van der Waals surface area contributed by atoms with Gasteiger partial charge in [-0.05, 0) is 47.9 Å². The van der Waals surface area contributed by atoms with E-state index in [1.165, 1.54) is 0 Å². The summed E-state index contributed by atoms with van der Waals surface area (Å²) in [5.74, 6) is 1.74. The van der Waals surface area contributed by atoms with E-state index in [0.29, 0.717) is 26.1 Å². The summed E-state index contributed by atoms with van der Waals surface area (Å²) in [6.07, 6.45) is 0.445. The summed E-state index contributed by atoms with van der Waals surface area (Å²) in [7, 11) is 1.66. The first-order valence-electron chi connectivity index (χ1n) is 12.1. The van der Waals surface area contributed by atoms with E-state index in [4.69, 9.17) is 9.15 Å². The second-order valence-corrected chi connectivity index (χ2v) is 9.18. The van der Waals surface area contributed by atoms with Crippen LogP contribution in [0.5, 0.6) is 5.75 Å². The third-order valence-electron chi connectivity index (χ3n) is 6.77. The minimum absolute atomic E-state index is 0.0100. The van der Waals surface area contributed by atoms with Gasteiger partial charge in [-0.2, -0.15) is 0 Å². The molecule has 5 rings (SSSR count). The van der Waals surface area contributed by atoms with Gasteiger partial charge >= 0.3 is 0 Å². The first-order chi connectivity index (χ1) is 17.1. The number of oxazole rings is 1. The molecule has 180 valence electrons. The first kappa shape index (κ1) is 23.1. The summed E-state index contributed by atoms with van der Waals surface area (Å²) < 4.78 is 11.3. The average Bonchev–Trinajstić information content (AvgIpc) is 3.29. The quantitative estimate of drug-likeness (QED) is 0.381. The van der Waals surface area contributed by atoms with E-state index in [-0.39, 0.29) is 11.8 Å². The largest absolute Gasteiger partial charge is 0.497 e. The SMILES string of the molecule is COc1ccc(C(CC(=O)N2CCN(Cc3nc4ccc(C)cc4o3)CC2)c2ccccc2)cc1. The standard InChI is InChI=1S/C29H31N3O3/c1-21-8-13-26-27(18-21)35-28(30-26)20-31-14-16-32(17-15-31)29(33)19-25(22-6-4-3-5-7-22)23-9-11-24(34-2)12-10-23/h3-13,18,25H,14-17,19-20H2,1-2H3. The molecule has 1 fully saturated rings. The number of nitrogens with zero attached hydrogens (tertiary/aromatic N) is 3. The van der Waals surface area contributed by atoms with Gasteiger partial charge in [0.1, 0.15) is 11.3 Å². The van der Waals surface area contributed by atoms with Crippen LogP contribution in [0.4, 0.5) is 0 Å². The predicted octanol–water partition coefficient (Wildman–Crippen LogP) is 5.01. The number of benzene rings is 3. The van der Waals surface area contributed by atoms with Crippen molar-refractivity contribution in [2.75, 3.05) is 33.3 Å². The highest BCUT2D eigenvalue weighted by Gasteiger charge is 2.26. The Morgan fingerprint density at radius 2 is 1.69 bits per heavy atom. The van der Waals surface area contributed by atoms with Gasteiger partial charge in [0.15, 0.2) is 5.58 Å². The van der Waals surface area contributed by atoms with Gasteiger partial charge < -0.3 is 14.1 Å². The minimum Gasteiger partial charge on any atom is -0.497 e. The fraction of sp³-hybridized carbons (Fsp3) is 0.310. The van der Waals surface area contributed by atoms with Crippen LogP contribution in [0.25, 0.3) is 11.1 Å². The maximum Gasteiger partial charge on any atom is 0.223 e. The van der Waals surface area contributed by atoms with Crippen LogP contribution in [0.2, 0.25) is 0 Å². The molecule has 1 atom stereocenters. The van der Waals surface area contributed by atoms with Crippen molar-refractivity contribution in [3.8, 4) is 5.75 Å². The zero-order valence-corrected chi connectivity index (χ0v) is 20.3. The highest BCUT2D eigenvalue weighted by molar-refractivity contribution is 5.78. The lowest BCUT2D eigenvalue weighted by atomic mass is 9.88. The number of hydrogen-bond acceptors (Lipinski definition) is 5. The number of carbonyl (C=O) groups is 1. The number of amides is 1. The van der Waals surface area contributed by atoms with Crippen molar-refractivity contribution < 1.29 is 13.9 Å². The molecule has 6 heteroatoms. The normalized spacial score (nSPS) is 15.3. The maximum atomic E-state index is 13.3. The van der Waals surface area contributed by atoms with Crippen molar-refractivity contribution >= 4 is 17.0 Å². The molecular formula is C29H31N3O3. The summed E-state index contributed by atoms with van der Waals surface area (Å²) in [6, 6.07) is 24.4. The van der Waals surface area contributed by atoms with Crippen molar-refractivity contribution in [1.29, 1.82) is 0 Å². The lowest BCUT2D eigenvalue weighted by molar-refractivity contribution is -0.133. The number of carbonyl (C=O) groups excluding carboxylic acids is 1. The average molecular weight is 470 g/mol. The summed E-state index contributed by atoms with van der Waals surface area (Å²) in [5.41, 5.74) is 5.16. The molecule has 2 heterocycles. The smallest absolute Gasteiger partial charge is 0.223 e. The highest BCUT2D eigenvalue weighted by atomic mass is 16.5. The summed E-state index contributed by atoms with van der Waals surface area (Å²) in [4.78, 5) is 22.3. The van der Waals surface area contributed by atoms with Crippen molar-refractivity contribution in [3.63, 3.8) is 0 Å². The molecule has 35 heavy (non-hydrogen) atoms. The fourth-order valence-corrected chi connectivity index (χ4v) is 4.75. The molecule has 1 aliphatic rings. The van der Waals surface area contributed by atoms with Crippen LogP contribution in [-0.2, 0) is 11.3 Å². The zero-order chi connectivity index (χ0) is 24.2. The Kier molecular flexibility index (Phi) is 6.82. The van der Waals surface area contributed by atoms with Crippen LogP contribution >= 0.6 is 0 Å². The summed E-state index contributed by atoms with van der Waals surface area (Å²) >= 11 is 0. The maximum absolute atomic E-state index is 13.3. The predicted molar refractivity (Wildman–Crippen MR) is 136 cm³/mol. The van der Waals surface area contributed by atoms with Crippen LogP contribution < -0.4 is 4.74 Å². The van der Waals surface area contributed by atoms with E-state index < -0.39 is 0 Å². The number of ether oxygens (including phenoxy) is 1. The molecule has 6 nitrogen and oxygen atoms in total. The van der Waals surface area contributed by atoms with E-state index in [9.17, 15) is 4.79 Å². The number of aryl methyl sites for hydroxylation is 1. The Balaban J connectivity index is 1.22. The first-order valence-corrected chi connectivity index (χ1v) is 12.1. The molecule has 0 radical (unpaired) electrons. The Bertz CT molecular complexity index is 1280. The molecule has 0 saturated carbocycles. The van der Waals surface area contributed by atoms with E-state index in [0.717, 1.165) is 52.5 Å². The van der Waals surface area contributed by atoms with Gasteiger partial charge in [0.25, 0.3) is 0 Å². The highest BCUT2D eigenvalue weighted by Crippen LogP contribution is 2.30. The number of fused-ring (bicyclic) bond motifs is 1. The number of rotatable bonds is 7. The third-order valence-corrected chi connectivity index (χ3v) is 6.77. The van der Waals surface area contributed by atoms with Gasteiger partial charge in [0.05, 0.1) is 13.7 Å². The van der Waals surface area contributed by atoms with Gasteiger partial charge in [-0.3, -0.25) is 9.69 Å². The Morgan fingerprint density at radius 3 is 2.40 bits per heavy atom. The van der Waals surface area contributed by atoms with E-state index in [1.807, 2.05) is 53.4 Å². The second kappa shape index (κ2) is 10.3. The number of methoxy groups -OCH3 is 1. The molecule has 0 aliphatic carbocycles. The molecule has 3 aromatic carbocycles. The molecule has 1 unspecified atom stereocenters. The summed E-state index contributed by atoms with van der Waals surface area (Å²) in [6.45, 7) is 5.75. The molecule has 0 bridgehead atoms. The molecular weight excluding hydrogens is 438 g/mol. The summed E-state index contributed by atoms with van der Waals surface area (Å²) in [5, 5.41) is 0. The number of piperazine rings is 1. The molecule has 4 aromatic rings. The lowest BCUT2D eigenvalue weighted by Crippen LogP contribution is -2.48. The Labute approximate surface area is 206 Å². The molecule has 1 amide bonds. The Hall–Kier alpha value is -3.64. The van der Waals surface area contributed by atoms with Crippen LogP contribution in [0.15, 0.2) is 77.2 Å².